The topological polar surface area (TPSA) is 17.1 Å². The Morgan fingerprint density at radius 2 is 2.06 bits per heavy atom. The Bertz CT molecular complexity index is 348. The van der Waals surface area contributed by atoms with Gasteiger partial charge in [0, 0.05) is 0 Å². The van der Waals surface area contributed by atoms with Crippen molar-refractivity contribution in [2.75, 3.05) is 0 Å². The first-order valence-electron chi connectivity index (χ1n) is 6.46. The second-order valence-electron chi connectivity index (χ2n) is 5.57. The molecule has 1 saturated carbocycles. The van der Waals surface area contributed by atoms with Gasteiger partial charge in [-0.25, -0.2) is 0 Å². The fourth-order valence-corrected chi connectivity index (χ4v) is 3.50. The average molecular weight is 218 g/mol. The molecule has 0 amide bonds. The molecule has 0 aromatic carbocycles. The van der Waals surface area contributed by atoms with Crippen LogP contribution >= 0.6 is 0 Å². The summed E-state index contributed by atoms with van der Waals surface area (Å²) < 4.78 is 0. The number of hydrogen-bond acceptors (Lipinski definition) is 1. The fraction of sp³-hybridized carbons (Fsp3) is 0.667. The highest BCUT2D eigenvalue weighted by Crippen LogP contribution is 2.48. The van der Waals surface area contributed by atoms with Crippen molar-refractivity contribution in [3.8, 4) is 0 Å². The lowest BCUT2D eigenvalue weighted by molar-refractivity contribution is -0.104. The second kappa shape index (κ2) is 4.57. The van der Waals surface area contributed by atoms with Crippen LogP contribution in [-0.4, -0.2) is 6.29 Å². The lowest BCUT2D eigenvalue weighted by atomic mass is 9.71. The molecule has 3 atom stereocenters. The minimum Gasteiger partial charge on any atom is -0.298 e. The van der Waals surface area contributed by atoms with Crippen LogP contribution in [0, 0.1) is 17.8 Å². The molecular formula is C15H22O. The minimum atomic E-state index is 0.550. The molecule has 1 heteroatoms. The van der Waals surface area contributed by atoms with Gasteiger partial charge < -0.3 is 0 Å². The largest absolute Gasteiger partial charge is 0.298 e. The number of carbonyl (C=O) groups excluding carboxylic acids is 1. The second-order valence-corrected chi connectivity index (χ2v) is 5.57. The lowest BCUT2D eigenvalue weighted by Crippen LogP contribution is -2.23. The molecule has 0 N–H and O–H groups in total. The molecule has 0 radical (unpaired) electrons. The van der Waals surface area contributed by atoms with E-state index in [9.17, 15) is 4.79 Å². The number of fused-ring (bicyclic) bond motifs is 1. The summed E-state index contributed by atoms with van der Waals surface area (Å²) in [6.45, 7) is 6.59. The first-order chi connectivity index (χ1) is 7.63. The molecule has 1 fully saturated rings. The van der Waals surface area contributed by atoms with E-state index in [0.29, 0.717) is 5.92 Å². The molecule has 0 aromatic rings. The van der Waals surface area contributed by atoms with Crippen molar-refractivity contribution < 1.29 is 4.79 Å². The van der Waals surface area contributed by atoms with Crippen LogP contribution in [0.25, 0.3) is 0 Å². The molecule has 0 aromatic heterocycles. The molecule has 1 nitrogen and oxygen atoms in total. The molecule has 2 aliphatic rings. The third-order valence-electron chi connectivity index (χ3n) is 4.39. The predicted molar refractivity (Wildman–Crippen MR) is 67.1 cm³/mol. The van der Waals surface area contributed by atoms with Crippen molar-refractivity contribution in [3.63, 3.8) is 0 Å². The molecule has 2 aliphatic carbocycles. The summed E-state index contributed by atoms with van der Waals surface area (Å²) in [6.07, 6.45) is 8.33. The van der Waals surface area contributed by atoms with E-state index in [1.165, 1.54) is 25.7 Å². The Balaban J connectivity index is 2.27. The van der Waals surface area contributed by atoms with Gasteiger partial charge in [-0.2, -0.15) is 0 Å². The van der Waals surface area contributed by atoms with E-state index in [0.717, 1.165) is 23.7 Å². The number of allylic oxidation sites excluding steroid dienone is 4. The van der Waals surface area contributed by atoms with Gasteiger partial charge in [-0.3, -0.25) is 4.79 Å². The number of carbonyl (C=O) groups is 1. The molecule has 0 unspecified atom stereocenters. The van der Waals surface area contributed by atoms with Crippen LogP contribution in [0.5, 0.6) is 0 Å². The molecule has 0 saturated heterocycles. The molecule has 0 bridgehead atoms. The maximum Gasteiger partial charge on any atom is 0.145 e. The number of aldehydes is 1. The zero-order chi connectivity index (χ0) is 11.7. The molecular weight excluding hydrogens is 196 g/mol. The lowest BCUT2D eigenvalue weighted by Gasteiger charge is -2.34. The summed E-state index contributed by atoms with van der Waals surface area (Å²) in [5.74, 6) is 2.19. The van der Waals surface area contributed by atoms with Gasteiger partial charge >= 0.3 is 0 Å². The summed E-state index contributed by atoms with van der Waals surface area (Å²) in [7, 11) is 0. The van der Waals surface area contributed by atoms with E-state index in [4.69, 9.17) is 0 Å². The molecule has 0 spiro atoms. The maximum atomic E-state index is 10.7. The predicted octanol–water partition coefficient (Wildman–Crippen LogP) is 3.90. The van der Waals surface area contributed by atoms with E-state index >= 15 is 0 Å². The molecule has 0 aliphatic heterocycles. The molecule has 2 rings (SSSR count). The third-order valence-corrected chi connectivity index (χ3v) is 4.39. The van der Waals surface area contributed by atoms with E-state index in [-0.39, 0.29) is 0 Å². The van der Waals surface area contributed by atoms with Crippen LogP contribution in [-0.2, 0) is 4.79 Å². The summed E-state index contributed by atoms with van der Waals surface area (Å²) in [4.78, 5) is 10.7. The van der Waals surface area contributed by atoms with Crippen LogP contribution in [0.4, 0.5) is 0 Å². The Labute approximate surface area is 98.6 Å². The smallest absolute Gasteiger partial charge is 0.145 e. The first-order valence-corrected chi connectivity index (χ1v) is 6.46. The van der Waals surface area contributed by atoms with Crippen molar-refractivity contribution in [1.82, 2.24) is 0 Å². The highest BCUT2D eigenvalue weighted by Gasteiger charge is 2.35. The summed E-state index contributed by atoms with van der Waals surface area (Å²) >= 11 is 0. The maximum absolute atomic E-state index is 10.7. The van der Waals surface area contributed by atoms with Crippen LogP contribution in [0.3, 0.4) is 0 Å². The van der Waals surface area contributed by atoms with Gasteiger partial charge in [0.1, 0.15) is 6.29 Å². The van der Waals surface area contributed by atoms with Gasteiger partial charge in [-0.1, -0.05) is 24.1 Å². The van der Waals surface area contributed by atoms with Crippen molar-refractivity contribution in [2.45, 2.75) is 46.5 Å². The standard InChI is InChI=1S/C15H22O/c1-10(9-16)8-13-6-4-11(2)14-7-5-12(3)15(13)14/h8-9,11,13-14H,4-7H2,1-3H3/b10-8+/t11-,13-,14+/m1/s1. The highest BCUT2D eigenvalue weighted by molar-refractivity contribution is 5.72. The van der Waals surface area contributed by atoms with Crippen LogP contribution in [0.1, 0.15) is 46.5 Å². The van der Waals surface area contributed by atoms with Gasteiger partial charge in [-0.15, -0.1) is 0 Å². The van der Waals surface area contributed by atoms with E-state index < -0.39 is 0 Å². The number of hydrogen-bond donors (Lipinski definition) is 0. The van der Waals surface area contributed by atoms with Crippen LogP contribution in [0.15, 0.2) is 22.8 Å². The Morgan fingerprint density at radius 1 is 1.31 bits per heavy atom. The monoisotopic (exact) mass is 218 g/mol. The van der Waals surface area contributed by atoms with Gasteiger partial charge in [0.15, 0.2) is 0 Å². The molecule has 16 heavy (non-hydrogen) atoms. The Kier molecular flexibility index (Phi) is 3.32. The van der Waals surface area contributed by atoms with E-state index in [1.807, 2.05) is 6.92 Å². The average Bonchev–Trinajstić information content (AvgIpc) is 2.66. The number of rotatable bonds is 2. The summed E-state index contributed by atoms with van der Waals surface area (Å²) in [6, 6.07) is 0. The molecule has 88 valence electrons. The zero-order valence-corrected chi connectivity index (χ0v) is 10.6. The van der Waals surface area contributed by atoms with Gasteiger partial charge in [-0.05, 0) is 62.9 Å². The van der Waals surface area contributed by atoms with Crippen molar-refractivity contribution in [1.29, 1.82) is 0 Å². The normalized spacial score (nSPS) is 35.2. The summed E-state index contributed by atoms with van der Waals surface area (Å²) in [5.41, 5.74) is 4.15. The van der Waals surface area contributed by atoms with Crippen LogP contribution in [0.2, 0.25) is 0 Å². The molecule has 0 heterocycles. The minimum absolute atomic E-state index is 0.550. The van der Waals surface area contributed by atoms with Gasteiger partial charge in [0.25, 0.3) is 0 Å². The van der Waals surface area contributed by atoms with Gasteiger partial charge in [0.05, 0.1) is 0 Å². The Morgan fingerprint density at radius 3 is 2.75 bits per heavy atom. The van der Waals surface area contributed by atoms with Crippen molar-refractivity contribution >= 4 is 6.29 Å². The quantitative estimate of drug-likeness (QED) is 0.390. The first kappa shape index (κ1) is 11.6. The highest BCUT2D eigenvalue weighted by atomic mass is 16.1. The van der Waals surface area contributed by atoms with Crippen molar-refractivity contribution in [2.24, 2.45) is 17.8 Å². The van der Waals surface area contributed by atoms with E-state index in [2.05, 4.69) is 19.9 Å². The van der Waals surface area contributed by atoms with Crippen LogP contribution < -0.4 is 0 Å². The third kappa shape index (κ3) is 2.00. The SMILES string of the molecule is CC1=C2[C@@H](CC1)[C@H](C)CC[C@@H]2/C=C(\C)C=O. The van der Waals surface area contributed by atoms with Crippen molar-refractivity contribution in [3.05, 3.63) is 22.8 Å². The van der Waals surface area contributed by atoms with Gasteiger partial charge in [0.2, 0.25) is 0 Å². The zero-order valence-electron chi connectivity index (χ0n) is 10.6. The van der Waals surface area contributed by atoms with E-state index in [1.54, 1.807) is 11.1 Å². The Hall–Kier alpha value is -0.850. The summed E-state index contributed by atoms with van der Waals surface area (Å²) in [5, 5.41) is 0. The fourth-order valence-electron chi connectivity index (χ4n) is 3.50.